The van der Waals surface area contributed by atoms with E-state index in [1.165, 1.54) is 24.3 Å². The molecule has 0 saturated carbocycles. The highest BCUT2D eigenvalue weighted by Gasteiger charge is 2.35. The van der Waals surface area contributed by atoms with Crippen LogP contribution in [0, 0.1) is 5.82 Å². The highest BCUT2D eigenvalue weighted by molar-refractivity contribution is 7.91. The van der Waals surface area contributed by atoms with Crippen LogP contribution in [-0.4, -0.2) is 43.9 Å². The maximum Gasteiger partial charge on any atom is 0.254 e. The number of methoxy groups -OCH3 is 1. The molecule has 3 rings (SSSR count). The Balaban J connectivity index is 1.90. The van der Waals surface area contributed by atoms with Crippen LogP contribution in [0.25, 0.3) is 0 Å². The van der Waals surface area contributed by atoms with Crippen molar-refractivity contribution in [1.29, 1.82) is 0 Å². The van der Waals surface area contributed by atoms with Crippen molar-refractivity contribution in [3.8, 4) is 5.75 Å². The molecular formula is C19H20FNO4S. The van der Waals surface area contributed by atoms with Gasteiger partial charge in [0.1, 0.15) is 11.6 Å². The first-order chi connectivity index (χ1) is 12.4. The van der Waals surface area contributed by atoms with Gasteiger partial charge in [0.05, 0.1) is 18.6 Å². The number of carbonyl (C=O) groups is 1. The van der Waals surface area contributed by atoms with Gasteiger partial charge < -0.3 is 9.64 Å². The zero-order valence-electron chi connectivity index (χ0n) is 14.4. The maximum atomic E-state index is 13.2. The van der Waals surface area contributed by atoms with Gasteiger partial charge in [-0.3, -0.25) is 4.79 Å². The number of rotatable bonds is 5. The smallest absolute Gasteiger partial charge is 0.254 e. The summed E-state index contributed by atoms with van der Waals surface area (Å²) in [5.74, 6) is -0.0534. The number of nitrogens with zero attached hydrogens (tertiary/aromatic N) is 1. The predicted octanol–water partition coefficient (Wildman–Crippen LogP) is 2.66. The molecule has 1 amide bonds. The maximum absolute atomic E-state index is 13.2. The third kappa shape index (κ3) is 4.22. The lowest BCUT2D eigenvalue weighted by Crippen LogP contribution is -2.40. The second-order valence-electron chi connectivity index (χ2n) is 6.35. The summed E-state index contributed by atoms with van der Waals surface area (Å²) < 4.78 is 42.2. The summed E-state index contributed by atoms with van der Waals surface area (Å²) in [7, 11) is -1.59. The molecule has 1 atom stereocenters. The van der Waals surface area contributed by atoms with E-state index in [2.05, 4.69) is 0 Å². The van der Waals surface area contributed by atoms with Crippen LogP contribution < -0.4 is 4.74 Å². The van der Waals surface area contributed by atoms with Gasteiger partial charge in [0.2, 0.25) is 0 Å². The van der Waals surface area contributed by atoms with Gasteiger partial charge in [0.25, 0.3) is 5.91 Å². The van der Waals surface area contributed by atoms with Crippen molar-refractivity contribution in [3.05, 3.63) is 65.5 Å². The van der Waals surface area contributed by atoms with E-state index in [1.54, 1.807) is 18.1 Å². The number of benzene rings is 2. The van der Waals surface area contributed by atoms with Crippen LogP contribution >= 0.6 is 0 Å². The largest absolute Gasteiger partial charge is 0.497 e. The standard InChI is InChI=1S/C19H20FNO4S/c1-25-18-4-2-3-14(11-18)12-21(17-9-10-26(23,24)13-17)19(22)15-5-7-16(20)8-6-15/h2-8,11,17H,9-10,12-13H2,1H3. The molecule has 1 fully saturated rings. The minimum absolute atomic E-state index is 0.0517. The van der Waals surface area contributed by atoms with Crippen molar-refractivity contribution in [1.82, 2.24) is 4.90 Å². The molecular weight excluding hydrogens is 357 g/mol. The van der Waals surface area contributed by atoms with Gasteiger partial charge in [0.15, 0.2) is 9.84 Å². The molecule has 138 valence electrons. The minimum atomic E-state index is -3.15. The van der Waals surface area contributed by atoms with Gasteiger partial charge >= 0.3 is 0 Å². The summed E-state index contributed by atoms with van der Waals surface area (Å²) in [6, 6.07) is 12.2. The zero-order valence-corrected chi connectivity index (χ0v) is 15.2. The Morgan fingerprint density at radius 2 is 1.96 bits per heavy atom. The zero-order chi connectivity index (χ0) is 18.7. The summed E-state index contributed by atoms with van der Waals surface area (Å²) >= 11 is 0. The van der Waals surface area contributed by atoms with Crippen molar-refractivity contribution >= 4 is 15.7 Å². The van der Waals surface area contributed by atoms with E-state index in [-0.39, 0.29) is 24.0 Å². The highest BCUT2D eigenvalue weighted by atomic mass is 32.2. The third-order valence-corrected chi connectivity index (χ3v) is 6.24. The number of amides is 1. The molecule has 7 heteroatoms. The summed E-state index contributed by atoms with van der Waals surface area (Å²) in [6.45, 7) is 0.258. The lowest BCUT2D eigenvalue weighted by molar-refractivity contribution is 0.0680. The fourth-order valence-corrected chi connectivity index (χ4v) is 4.84. The molecule has 1 unspecified atom stereocenters. The molecule has 0 radical (unpaired) electrons. The molecule has 26 heavy (non-hydrogen) atoms. The van der Waals surface area contributed by atoms with Gasteiger partial charge in [-0.1, -0.05) is 12.1 Å². The third-order valence-electron chi connectivity index (χ3n) is 4.49. The summed E-state index contributed by atoms with van der Waals surface area (Å²) in [4.78, 5) is 14.6. The Morgan fingerprint density at radius 3 is 2.58 bits per heavy atom. The van der Waals surface area contributed by atoms with Crippen LogP contribution in [0.5, 0.6) is 5.75 Å². The molecule has 2 aromatic carbocycles. The molecule has 1 aliphatic heterocycles. The Kier molecular flexibility index (Phi) is 5.27. The van der Waals surface area contributed by atoms with Crippen LogP contribution in [0.15, 0.2) is 48.5 Å². The average Bonchev–Trinajstić information content (AvgIpc) is 2.99. The number of halogens is 1. The van der Waals surface area contributed by atoms with Gasteiger partial charge in [-0.05, 0) is 48.4 Å². The molecule has 2 aromatic rings. The molecule has 0 aromatic heterocycles. The Morgan fingerprint density at radius 1 is 1.23 bits per heavy atom. The fourth-order valence-electron chi connectivity index (χ4n) is 3.11. The number of hydrogen-bond acceptors (Lipinski definition) is 4. The van der Waals surface area contributed by atoms with E-state index < -0.39 is 21.7 Å². The van der Waals surface area contributed by atoms with E-state index in [0.717, 1.165) is 5.56 Å². The summed E-state index contributed by atoms with van der Waals surface area (Å²) in [5.41, 5.74) is 1.17. The molecule has 1 heterocycles. The Labute approximate surface area is 152 Å². The first-order valence-corrected chi connectivity index (χ1v) is 10.1. The molecule has 1 aliphatic rings. The van der Waals surface area contributed by atoms with Crippen LogP contribution in [0.2, 0.25) is 0 Å². The topological polar surface area (TPSA) is 63.7 Å². The quantitative estimate of drug-likeness (QED) is 0.804. The van der Waals surface area contributed by atoms with Crippen LogP contribution in [0.4, 0.5) is 4.39 Å². The van der Waals surface area contributed by atoms with Crippen molar-refractivity contribution in [2.24, 2.45) is 0 Å². The lowest BCUT2D eigenvalue weighted by Gasteiger charge is -2.28. The fraction of sp³-hybridized carbons (Fsp3) is 0.316. The van der Waals surface area contributed by atoms with Gasteiger partial charge in [-0.15, -0.1) is 0 Å². The van der Waals surface area contributed by atoms with Crippen molar-refractivity contribution in [2.45, 2.75) is 19.0 Å². The number of carbonyl (C=O) groups excluding carboxylic acids is 1. The highest BCUT2D eigenvalue weighted by Crippen LogP contribution is 2.24. The van der Waals surface area contributed by atoms with E-state index in [1.807, 2.05) is 18.2 Å². The van der Waals surface area contributed by atoms with Gasteiger partial charge in [0, 0.05) is 18.2 Å². The van der Waals surface area contributed by atoms with E-state index >= 15 is 0 Å². The van der Waals surface area contributed by atoms with E-state index in [9.17, 15) is 17.6 Å². The monoisotopic (exact) mass is 377 g/mol. The number of ether oxygens (including phenoxy) is 1. The molecule has 0 aliphatic carbocycles. The molecule has 0 N–H and O–H groups in total. The SMILES string of the molecule is COc1cccc(CN(C(=O)c2ccc(F)cc2)C2CCS(=O)(=O)C2)c1. The average molecular weight is 377 g/mol. The normalized spacial score (nSPS) is 18.5. The van der Waals surface area contributed by atoms with E-state index in [0.29, 0.717) is 17.7 Å². The summed E-state index contributed by atoms with van der Waals surface area (Å²) in [6.07, 6.45) is 0.402. The second kappa shape index (κ2) is 7.45. The van der Waals surface area contributed by atoms with Crippen molar-refractivity contribution in [2.75, 3.05) is 18.6 Å². The molecule has 5 nitrogen and oxygen atoms in total. The Bertz CT molecular complexity index is 896. The number of sulfone groups is 1. The number of hydrogen-bond donors (Lipinski definition) is 0. The molecule has 0 bridgehead atoms. The van der Waals surface area contributed by atoms with Gasteiger partial charge in [-0.2, -0.15) is 0 Å². The van der Waals surface area contributed by atoms with Crippen molar-refractivity contribution < 1.29 is 22.3 Å². The van der Waals surface area contributed by atoms with Crippen molar-refractivity contribution in [3.63, 3.8) is 0 Å². The first kappa shape index (κ1) is 18.4. The minimum Gasteiger partial charge on any atom is -0.497 e. The molecule has 1 saturated heterocycles. The van der Waals surface area contributed by atoms with E-state index in [4.69, 9.17) is 4.74 Å². The Hall–Kier alpha value is -2.41. The van der Waals surface area contributed by atoms with Crippen LogP contribution in [0.3, 0.4) is 0 Å². The second-order valence-corrected chi connectivity index (χ2v) is 8.58. The first-order valence-electron chi connectivity index (χ1n) is 8.28. The lowest BCUT2D eigenvalue weighted by atomic mass is 10.1. The van der Waals surface area contributed by atoms with Crippen LogP contribution in [0.1, 0.15) is 22.3 Å². The predicted molar refractivity (Wildman–Crippen MR) is 96.3 cm³/mol. The van der Waals surface area contributed by atoms with Crippen LogP contribution in [-0.2, 0) is 16.4 Å². The molecule has 0 spiro atoms. The summed E-state index contributed by atoms with van der Waals surface area (Å²) in [5, 5.41) is 0. The van der Waals surface area contributed by atoms with Gasteiger partial charge in [-0.25, -0.2) is 12.8 Å².